The van der Waals surface area contributed by atoms with Crippen molar-refractivity contribution in [1.29, 1.82) is 0 Å². The first-order valence-corrected chi connectivity index (χ1v) is 19.6. The van der Waals surface area contributed by atoms with Gasteiger partial charge in [-0.15, -0.1) is 59.7 Å². The third-order valence-electron chi connectivity index (χ3n) is 8.36. The Morgan fingerprint density at radius 2 is 1.42 bits per heavy atom. The average molecular weight is 825 g/mol. The van der Waals surface area contributed by atoms with Crippen molar-refractivity contribution < 1.29 is 27.3 Å². The van der Waals surface area contributed by atoms with Crippen molar-refractivity contribution in [3.05, 3.63) is 139 Å². The molecule has 48 heavy (non-hydrogen) atoms. The number of fused-ring (bicyclic) bond motifs is 3. The summed E-state index contributed by atoms with van der Waals surface area (Å²) in [5, 5.41) is 3.40. The van der Waals surface area contributed by atoms with Crippen LogP contribution in [0.2, 0.25) is 19.6 Å². The number of hydrogen-bond acceptors (Lipinski definition) is 3. The van der Waals surface area contributed by atoms with Gasteiger partial charge in [-0.2, -0.15) is 0 Å². The molecule has 0 saturated heterocycles. The van der Waals surface area contributed by atoms with Crippen LogP contribution >= 0.6 is 0 Å². The van der Waals surface area contributed by atoms with E-state index in [1.54, 1.807) is 6.20 Å². The molecule has 0 unspecified atom stereocenters. The van der Waals surface area contributed by atoms with Crippen LogP contribution in [0.1, 0.15) is 53.4 Å². The SMILES string of the molecule is [2H]C(C)(C)c1cc(-c2[c-]cccc2)ncc1[Si](C)(C)C.[2H]C(C)(C)c1ccnc(-c2[c-]cc3oc4ccc(-c5ccccc5)cc4c3c2)c1.[Ir]. The van der Waals surface area contributed by atoms with Gasteiger partial charge in [0, 0.05) is 40.6 Å². The summed E-state index contributed by atoms with van der Waals surface area (Å²) in [6.45, 7) is 14.6. The molecular weight excluding hydrogens is 781 g/mol. The van der Waals surface area contributed by atoms with Crippen molar-refractivity contribution >= 4 is 35.2 Å². The van der Waals surface area contributed by atoms with Crippen molar-refractivity contribution in [2.24, 2.45) is 0 Å². The Labute approximate surface area is 302 Å². The predicted molar refractivity (Wildman–Crippen MR) is 201 cm³/mol. The summed E-state index contributed by atoms with van der Waals surface area (Å²) in [5.41, 5.74) is 9.64. The molecular formula is C43H42IrN2OSi-2. The van der Waals surface area contributed by atoms with E-state index in [9.17, 15) is 0 Å². The zero-order valence-electron chi connectivity index (χ0n) is 30.6. The number of nitrogens with zero attached hydrogens (tertiary/aromatic N) is 2. The van der Waals surface area contributed by atoms with Gasteiger partial charge in [-0.25, -0.2) is 0 Å². The first-order valence-electron chi connectivity index (χ1n) is 17.1. The van der Waals surface area contributed by atoms with Gasteiger partial charge in [-0.3, -0.25) is 0 Å². The molecule has 0 spiro atoms. The molecule has 5 heteroatoms. The van der Waals surface area contributed by atoms with Gasteiger partial charge in [0.05, 0.1) is 13.7 Å². The Morgan fingerprint density at radius 3 is 2.10 bits per heavy atom. The number of benzene rings is 4. The average Bonchev–Trinajstić information content (AvgIpc) is 3.45. The Bertz CT molecular complexity index is 2230. The molecule has 0 aliphatic carbocycles. The van der Waals surface area contributed by atoms with Crippen LogP contribution in [0, 0.1) is 12.1 Å². The summed E-state index contributed by atoms with van der Waals surface area (Å²) in [7, 11) is -1.50. The van der Waals surface area contributed by atoms with E-state index in [4.69, 9.17) is 7.16 Å². The van der Waals surface area contributed by atoms with E-state index < -0.39 is 19.9 Å². The first-order chi connectivity index (χ1) is 23.2. The number of aromatic nitrogens is 2. The summed E-state index contributed by atoms with van der Waals surface area (Å²) >= 11 is 0. The van der Waals surface area contributed by atoms with Crippen molar-refractivity contribution in [3.8, 4) is 33.6 Å². The van der Waals surface area contributed by atoms with Crippen LogP contribution in [-0.4, -0.2) is 18.0 Å². The minimum Gasteiger partial charge on any atom is -0.500 e. The van der Waals surface area contributed by atoms with E-state index in [1.165, 1.54) is 10.8 Å². The second-order valence-corrected chi connectivity index (χ2v) is 18.4. The van der Waals surface area contributed by atoms with Gasteiger partial charge in [-0.1, -0.05) is 112 Å². The monoisotopic (exact) mass is 825 g/mol. The van der Waals surface area contributed by atoms with E-state index in [0.717, 1.165) is 61.1 Å². The van der Waals surface area contributed by atoms with Crippen LogP contribution in [0.15, 0.2) is 120 Å². The van der Waals surface area contributed by atoms with Crippen molar-refractivity contribution in [1.82, 2.24) is 9.97 Å². The van der Waals surface area contributed by atoms with Crippen LogP contribution in [0.5, 0.6) is 0 Å². The Morgan fingerprint density at radius 1 is 0.688 bits per heavy atom. The van der Waals surface area contributed by atoms with Gasteiger partial charge in [0.2, 0.25) is 0 Å². The van der Waals surface area contributed by atoms with Crippen molar-refractivity contribution in [2.75, 3.05) is 0 Å². The maximum atomic E-state index is 8.44. The molecule has 0 bridgehead atoms. The van der Waals surface area contributed by atoms with Gasteiger partial charge in [0.15, 0.2) is 0 Å². The van der Waals surface area contributed by atoms with Crippen molar-refractivity contribution in [2.45, 2.75) is 59.1 Å². The fraction of sp³-hybridized carbons (Fsp3) is 0.209. The van der Waals surface area contributed by atoms with E-state index in [1.807, 2.05) is 101 Å². The number of hydrogen-bond donors (Lipinski definition) is 0. The van der Waals surface area contributed by atoms with E-state index >= 15 is 0 Å². The summed E-state index contributed by atoms with van der Waals surface area (Å²) in [6.07, 6.45) is 3.74. The third-order valence-corrected chi connectivity index (χ3v) is 10.4. The zero-order chi connectivity index (χ0) is 35.0. The second kappa shape index (κ2) is 14.9. The molecule has 0 aliphatic heterocycles. The molecule has 7 rings (SSSR count). The van der Waals surface area contributed by atoms with E-state index in [0.29, 0.717) is 0 Å². The fourth-order valence-corrected chi connectivity index (χ4v) is 7.32. The Kier molecular flexibility index (Phi) is 10.1. The van der Waals surface area contributed by atoms with Gasteiger partial charge in [0.25, 0.3) is 0 Å². The van der Waals surface area contributed by atoms with E-state index in [2.05, 4.69) is 78.1 Å². The molecule has 245 valence electrons. The van der Waals surface area contributed by atoms with Crippen LogP contribution in [0.4, 0.5) is 0 Å². The van der Waals surface area contributed by atoms with Crippen LogP contribution in [-0.2, 0) is 20.1 Å². The predicted octanol–water partition coefficient (Wildman–Crippen LogP) is 11.5. The van der Waals surface area contributed by atoms with Crippen LogP contribution < -0.4 is 5.19 Å². The van der Waals surface area contributed by atoms with Gasteiger partial charge in [0.1, 0.15) is 5.58 Å². The number of rotatable bonds is 6. The largest absolute Gasteiger partial charge is 0.500 e. The smallest absolute Gasteiger partial charge is 0.121 e. The summed E-state index contributed by atoms with van der Waals surface area (Å²) in [5.74, 6) is -1.28. The molecule has 0 amide bonds. The summed E-state index contributed by atoms with van der Waals surface area (Å²) in [6, 6.07) is 40.9. The summed E-state index contributed by atoms with van der Waals surface area (Å²) in [4.78, 5) is 9.12. The fourth-order valence-electron chi connectivity index (χ4n) is 5.73. The number of furan rings is 1. The molecule has 4 aromatic carbocycles. The standard InChI is InChI=1S/C26H20NO.C17H22NSi.Ir/c1-17(2)19-12-13-27-24(16-19)21-9-11-26-23(15-21)22-14-20(8-10-25(22)28-26)18-6-4-3-5-7-18;1-13(2)15-11-16(14-9-7-6-8-10-14)18-12-17(15)19(3,4)5;/h3-8,10-17H,1-2H3;6-9,11-13H,1-5H3;/q2*-1;/i17D;13D;. The van der Waals surface area contributed by atoms with Crippen LogP contribution in [0.3, 0.4) is 0 Å². The Balaban J connectivity index is 0.000000204. The Hall–Kier alpha value is -4.15. The van der Waals surface area contributed by atoms with Gasteiger partial charge >= 0.3 is 0 Å². The minimum atomic E-state index is -1.50. The molecule has 0 atom stereocenters. The minimum absolute atomic E-state index is 0. The van der Waals surface area contributed by atoms with Gasteiger partial charge in [-0.05, 0) is 57.7 Å². The topological polar surface area (TPSA) is 38.9 Å². The molecule has 0 saturated carbocycles. The summed E-state index contributed by atoms with van der Waals surface area (Å²) < 4.78 is 22.8. The molecule has 0 aliphatic rings. The molecule has 7 aromatic rings. The van der Waals surface area contributed by atoms with Crippen LogP contribution in [0.25, 0.3) is 55.6 Å². The molecule has 3 nitrogen and oxygen atoms in total. The van der Waals surface area contributed by atoms with Crippen molar-refractivity contribution in [3.63, 3.8) is 0 Å². The molecule has 1 radical (unpaired) electrons. The second-order valence-electron chi connectivity index (χ2n) is 13.4. The van der Waals surface area contributed by atoms with E-state index in [-0.39, 0.29) is 20.1 Å². The maximum Gasteiger partial charge on any atom is 0.121 e. The normalized spacial score (nSPS) is 12.5. The molecule has 3 heterocycles. The maximum absolute atomic E-state index is 8.44. The first kappa shape index (κ1) is 32.4. The quantitative estimate of drug-likeness (QED) is 0.124. The van der Waals surface area contributed by atoms with Gasteiger partial charge < -0.3 is 14.4 Å². The third kappa shape index (κ3) is 7.76. The molecule has 0 fully saturated rings. The molecule has 0 N–H and O–H groups in total. The number of pyridine rings is 2. The zero-order valence-corrected chi connectivity index (χ0v) is 32.0. The molecule has 3 aromatic heterocycles.